The number of imidazole rings is 1. The fourth-order valence-corrected chi connectivity index (χ4v) is 1.17. The molecule has 0 aliphatic heterocycles. The van der Waals surface area contributed by atoms with Crippen molar-refractivity contribution in [2.45, 2.75) is 6.43 Å². The van der Waals surface area contributed by atoms with E-state index in [4.69, 9.17) is 0 Å². The third-order valence-corrected chi connectivity index (χ3v) is 1.76. The van der Waals surface area contributed by atoms with Crippen molar-refractivity contribution in [2.24, 2.45) is 0 Å². The van der Waals surface area contributed by atoms with Gasteiger partial charge in [-0.25, -0.2) is 13.8 Å². The Bertz CT molecular complexity index is 439. The summed E-state index contributed by atoms with van der Waals surface area (Å²) in [6.07, 6.45) is -2.77. The summed E-state index contributed by atoms with van der Waals surface area (Å²) in [5.41, 5.74) is 0.651. The van der Waals surface area contributed by atoms with Gasteiger partial charge >= 0.3 is 0 Å². The SMILES string of the molecule is On1c(C(F)F)nc2ccccc21. The van der Waals surface area contributed by atoms with E-state index in [0.717, 1.165) is 0 Å². The molecule has 0 aliphatic rings. The summed E-state index contributed by atoms with van der Waals surface area (Å²) in [5.74, 6) is -0.624. The summed E-state index contributed by atoms with van der Waals surface area (Å²) in [7, 11) is 0. The fourth-order valence-electron chi connectivity index (χ4n) is 1.17. The number of rotatable bonds is 1. The summed E-state index contributed by atoms with van der Waals surface area (Å²) < 4.78 is 24.9. The molecule has 1 aromatic carbocycles. The Labute approximate surface area is 72.2 Å². The molecule has 3 nitrogen and oxygen atoms in total. The molecule has 0 saturated heterocycles. The lowest BCUT2D eigenvalue weighted by Crippen LogP contribution is -1.98. The maximum atomic E-state index is 12.2. The lowest BCUT2D eigenvalue weighted by atomic mass is 10.3. The minimum Gasteiger partial charge on any atom is -0.426 e. The van der Waals surface area contributed by atoms with Crippen molar-refractivity contribution < 1.29 is 14.0 Å². The molecule has 0 radical (unpaired) electrons. The van der Waals surface area contributed by atoms with E-state index in [0.29, 0.717) is 10.2 Å². The molecule has 0 unspecified atom stereocenters. The predicted molar refractivity (Wildman–Crippen MR) is 41.9 cm³/mol. The van der Waals surface area contributed by atoms with Gasteiger partial charge in [-0.15, -0.1) is 0 Å². The smallest absolute Gasteiger partial charge is 0.298 e. The molecule has 1 N–H and O–H groups in total. The van der Waals surface area contributed by atoms with E-state index >= 15 is 0 Å². The molecule has 0 bridgehead atoms. The van der Waals surface area contributed by atoms with E-state index in [1.165, 1.54) is 6.07 Å². The van der Waals surface area contributed by atoms with Crippen LogP contribution in [0.5, 0.6) is 0 Å². The molecule has 0 atom stereocenters. The van der Waals surface area contributed by atoms with Gasteiger partial charge in [0.2, 0.25) is 5.82 Å². The first-order valence-corrected chi connectivity index (χ1v) is 3.65. The highest BCUT2D eigenvalue weighted by Gasteiger charge is 2.17. The van der Waals surface area contributed by atoms with Crippen molar-refractivity contribution in [3.63, 3.8) is 0 Å². The van der Waals surface area contributed by atoms with Crippen LogP contribution in [0.3, 0.4) is 0 Å². The Morgan fingerprint density at radius 3 is 2.62 bits per heavy atom. The first kappa shape index (κ1) is 7.97. The number of para-hydroxylation sites is 2. The van der Waals surface area contributed by atoms with Gasteiger partial charge in [-0.1, -0.05) is 12.1 Å². The Kier molecular flexibility index (Phi) is 1.65. The van der Waals surface area contributed by atoms with Crippen molar-refractivity contribution >= 4 is 11.0 Å². The van der Waals surface area contributed by atoms with Gasteiger partial charge in [0.25, 0.3) is 6.43 Å². The van der Waals surface area contributed by atoms with Crippen LogP contribution in [-0.2, 0) is 0 Å². The van der Waals surface area contributed by atoms with E-state index in [1.54, 1.807) is 18.2 Å². The minimum atomic E-state index is -2.77. The molecule has 0 saturated carbocycles. The number of hydrogen-bond acceptors (Lipinski definition) is 2. The summed E-state index contributed by atoms with van der Waals surface area (Å²) in [5, 5.41) is 9.23. The molecular weight excluding hydrogens is 178 g/mol. The number of benzene rings is 1. The average molecular weight is 184 g/mol. The van der Waals surface area contributed by atoms with Crippen LogP contribution in [0.15, 0.2) is 24.3 Å². The van der Waals surface area contributed by atoms with Gasteiger partial charge in [0.05, 0.1) is 5.52 Å². The second-order valence-electron chi connectivity index (χ2n) is 2.57. The maximum absolute atomic E-state index is 12.2. The lowest BCUT2D eigenvalue weighted by molar-refractivity contribution is 0.0948. The van der Waals surface area contributed by atoms with Crippen LogP contribution in [0, 0.1) is 0 Å². The minimum absolute atomic E-state index is 0.290. The molecular formula is C8H6F2N2O. The number of hydrogen-bond donors (Lipinski definition) is 1. The first-order valence-electron chi connectivity index (χ1n) is 3.65. The van der Waals surface area contributed by atoms with Crippen molar-refractivity contribution in [2.75, 3.05) is 0 Å². The summed E-state index contributed by atoms with van der Waals surface area (Å²) in [6.45, 7) is 0. The van der Waals surface area contributed by atoms with E-state index in [9.17, 15) is 14.0 Å². The average Bonchev–Trinajstić information content (AvgIpc) is 2.45. The van der Waals surface area contributed by atoms with Crippen LogP contribution in [0.2, 0.25) is 0 Å². The molecule has 1 heterocycles. The molecule has 2 rings (SSSR count). The summed E-state index contributed by atoms with van der Waals surface area (Å²) in [4.78, 5) is 3.57. The van der Waals surface area contributed by atoms with Gasteiger partial charge in [0, 0.05) is 0 Å². The molecule has 0 fully saturated rings. The third kappa shape index (κ3) is 1.12. The van der Waals surface area contributed by atoms with Crippen LogP contribution in [0.1, 0.15) is 12.2 Å². The zero-order valence-corrected chi connectivity index (χ0v) is 6.48. The van der Waals surface area contributed by atoms with Crippen molar-refractivity contribution in [1.29, 1.82) is 0 Å². The zero-order chi connectivity index (χ0) is 9.42. The lowest BCUT2D eigenvalue weighted by Gasteiger charge is -1.97. The number of aromatic nitrogens is 2. The van der Waals surface area contributed by atoms with Crippen LogP contribution in [0.4, 0.5) is 8.78 Å². The number of halogens is 2. The van der Waals surface area contributed by atoms with Crippen LogP contribution < -0.4 is 0 Å². The Balaban J connectivity index is 2.74. The van der Waals surface area contributed by atoms with Gasteiger partial charge in [0.1, 0.15) is 5.52 Å². The highest BCUT2D eigenvalue weighted by molar-refractivity contribution is 5.75. The topological polar surface area (TPSA) is 38.0 Å². The molecule has 0 aliphatic carbocycles. The van der Waals surface area contributed by atoms with E-state index < -0.39 is 12.2 Å². The number of alkyl halides is 2. The second kappa shape index (κ2) is 2.69. The van der Waals surface area contributed by atoms with Crippen LogP contribution >= 0.6 is 0 Å². The summed E-state index contributed by atoms with van der Waals surface area (Å²) in [6, 6.07) is 6.40. The number of nitrogens with zero attached hydrogens (tertiary/aromatic N) is 2. The predicted octanol–water partition coefficient (Wildman–Crippen LogP) is 2.21. The van der Waals surface area contributed by atoms with E-state index in [1.807, 2.05) is 0 Å². The van der Waals surface area contributed by atoms with Gasteiger partial charge in [-0.2, -0.15) is 4.73 Å². The molecule has 1 aromatic heterocycles. The highest BCUT2D eigenvalue weighted by atomic mass is 19.3. The van der Waals surface area contributed by atoms with Gasteiger partial charge in [-0.05, 0) is 12.1 Å². The molecule has 2 aromatic rings. The van der Waals surface area contributed by atoms with E-state index in [2.05, 4.69) is 4.98 Å². The standard InChI is InChI=1S/C8H6F2N2O/c9-7(10)8-11-5-3-1-2-4-6(5)12(8)13/h1-4,7,13H. The van der Waals surface area contributed by atoms with Gasteiger partial charge in [0.15, 0.2) is 0 Å². The normalized spacial score (nSPS) is 11.3. The van der Waals surface area contributed by atoms with Crippen molar-refractivity contribution in [3.8, 4) is 0 Å². The number of fused-ring (bicyclic) bond motifs is 1. The largest absolute Gasteiger partial charge is 0.426 e. The highest BCUT2D eigenvalue weighted by Crippen LogP contribution is 2.21. The third-order valence-electron chi connectivity index (χ3n) is 1.76. The van der Waals surface area contributed by atoms with Crippen molar-refractivity contribution in [3.05, 3.63) is 30.1 Å². The molecule has 0 spiro atoms. The van der Waals surface area contributed by atoms with Gasteiger partial charge in [-0.3, -0.25) is 0 Å². The molecule has 0 amide bonds. The van der Waals surface area contributed by atoms with Crippen LogP contribution in [0.25, 0.3) is 11.0 Å². The molecule has 5 heteroatoms. The first-order chi connectivity index (χ1) is 6.20. The monoisotopic (exact) mass is 184 g/mol. The Morgan fingerprint density at radius 2 is 2.00 bits per heavy atom. The quantitative estimate of drug-likeness (QED) is 0.690. The van der Waals surface area contributed by atoms with Gasteiger partial charge < -0.3 is 5.21 Å². The molecule has 68 valence electrons. The second-order valence-corrected chi connectivity index (χ2v) is 2.57. The Hall–Kier alpha value is -1.65. The summed E-state index contributed by atoms with van der Waals surface area (Å²) >= 11 is 0. The fraction of sp³-hybridized carbons (Fsp3) is 0.125. The Morgan fingerprint density at radius 1 is 1.31 bits per heavy atom. The zero-order valence-electron chi connectivity index (χ0n) is 6.48. The maximum Gasteiger partial charge on any atom is 0.298 e. The van der Waals surface area contributed by atoms with E-state index in [-0.39, 0.29) is 5.52 Å². The van der Waals surface area contributed by atoms with Crippen LogP contribution in [-0.4, -0.2) is 14.9 Å². The van der Waals surface area contributed by atoms with Crippen molar-refractivity contribution in [1.82, 2.24) is 9.71 Å². The molecule has 13 heavy (non-hydrogen) atoms.